The average molecular weight is 410 g/mol. The molecular weight excluding hydrogens is 382 g/mol. The Morgan fingerprint density at radius 3 is 2.32 bits per heavy atom. The van der Waals surface area contributed by atoms with Crippen LogP contribution in [0.1, 0.15) is 44.7 Å². The maximum Gasteiger partial charge on any atom is 0.235 e. The second-order valence-electron chi connectivity index (χ2n) is 9.56. The molecule has 31 heavy (non-hydrogen) atoms. The first-order chi connectivity index (χ1) is 14.9. The van der Waals surface area contributed by atoms with Crippen LogP contribution in [0.4, 0.5) is 5.69 Å². The van der Waals surface area contributed by atoms with Crippen LogP contribution in [0.2, 0.25) is 0 Å². The van der Waals surface area contributed by atoms with Gasteiger partial charge in [0.1, 0.15) is 0 Å². The predicted molar refractivity (Wildman–Crippen MR) is 126 cm³/mol. The van der Waals surface area contributed by atoms with Gasteiger partial charge in [-0.25, -0.2) is 0 Å². The molecule has 4 heteroatoms. The van der Waals surface area contributed by atoms with Crippen molar-refractivity contribution in [1.29, 1.82) is 0 Å². The molecule has 0 saturated heterocycles. The lowest BCUT2D eigenvalue weighted by Gasteiger charge is -2.19. The van der Waals surface area contributed by atoms with Crippen LogP contribution in [0.3, 0.4) is 0 Å². The number of nitrogens with zero attached hydrogens (tertiary/aromatic N) is 1. The standard InChI is InChI=1S/C27H27N3O/c1-26(2,3)19-11-9-18(10-12-19)24-22-17-21(13-14-23(22)29-30-24)28-25(31)27(15-16-27)20-7-5-4-6-8-20/h4-14,17H,15-16H2,1-3H3,(H,28,31)(H,29,30). The van der Waals surface area contributed by atoms with E-state index in [0.29, 0.717) is 0 Å². The van der Waals surface area contributed by atoms with E-state index < -0.39 is 5.41 Å². The molecule has 5 rings (SSSR count). The zero-order chi connectivity index (χ0) is 21.6. The monoisotopic (exact) mass is 409 g/mol. The quantitative estimate of drug-likeness (QED) is 0.422. The number of carbonyl (C=O) groups excluding carboxylic acids is 1. The fraction of sp³-hybridized carbons (Fsp3) is 0.259. The number of carbonyl (C=O) groups is 1. The van der Waals surface area contributed by atoms with Crippen LogP contribution in [0.15, 0.2) is 72.8 Å². The first kappa shape index (κ1) is 19.6. The van der Waals surface area contributed by atoms with E-state index in [1.807, 2.05) is 48.5 Å². The lowest BCUT2D eigenvalue weighted by atomic mass is 9.86. The van der Waals surface area contributed by atoms with Gasteiger partial charge in [0.15, 0.2) is 0 Å². The lowest BCUT2D eigenvalue weighted by molar-refractivity contribution is -0.118. The normalized spacial score (nSPS) is 15.1. The smallest absolute Gasteiger partial charge is 0.235 e. The molecule has 1 amide bonds. The van der Waals surface area contributed by atoms with Crippen molar-refractivity contribution < 1.29 is 4.79 Å². The van der Waals surface area contributed by atoms with Crippen molar-refractivity contribution in [3.8, 4) is 11.3 Å². The van der Waals surface area contributed by atoms with Gasteiger partial charge in [-0.2, -0.15) is 5.10 Å². The Balaban J connectivity index is 1.44. The summed E-state index contributed by atoms with van der Waals surface area (Å²) in [6, 6.07) is 24.6. The number of nitrogens with one attached hydrogen (secondary N) is 2. The summed E-state index contributed by atoms with van der Waals surface area (Å²) >= 11 is 0. The first-order valence-corrected chi connectivity index (χ1v) is 10.8. The molecule has 0 aliphatic heterocycles. The molecule has 3 aromatic carbocycles. The highest BCUT2D eigenvalue weighted by atomic mass is 16.2. The number of hydrogen-bond acceptors (Lipinski definition) is 2. The van der Waals surface area contributed by atoms with Gasteiger partial charge >= 0.3 is 0 Å². The lowest BCUT2D eigenvalue weighted by Crippen LogP contribution is -2.27. The number of anilines is 1. The number of benzene rings is 3. The van der Waals surface area contributed by atoms with Crippen molar-refractivity contribution in [2.75, 3.05) is 5.32 Å². The molecule has 1 heterocycles. The average Bonchev–Trinajstić information content (AvgIpc) is 3.48. The van der Waals surface area contributed by atoms with E-state index in [9.17, 15) is 4.79 Å². The van der Waals surface area contributed by atoms with Crippen LogP contribution in [-0.4, -0.2) is 16.1 Å². The van der Waals surface area contributed by atoms with Gasteiger partial charge in [0.05, 0.1) is 16.6 Å². The number of aromatic amines is 1. The van der Waals surface area contributed by atoms with Crippen LogP contribution in [0, 0.1) is 0 Å². The summed E-state index contributed by atoms with van der Waals surface area (Å²) < 4.78 is 0. The third kappa shape index (κ3) is 3.52. The van der Waals surface area contributed by atoms with Crippen molar-refractivity contribution in [2.45, 2.75) is 44.4 Å². The summed E-state index contributed by atoms with van der Waals surface area (Å²) in [5, 5.41) is 11.8. The molecule has 0 unspecified atom stereocenters. The molecular formula is C27H27N3O. The summed E-state index contributed by atoms with van der Waals surface area (Å²) in [6.07, 6.45) is 1.78. The summed E-state index contributed by atoms with van der Waals surface area (Å²) in [5.41, 5.74) is 5.82. The summed E-state index contributed by atoms with van der Waals surface area (Å²) in [6.45, 7) is 6.63. The minimum absolute atomic E-state index is 0.0672. The highest BCUT2D eigenvalue weighted by molar-refractivity contribution is 6.03. The molecule has 4 aromatic rings. The van der Waals surface area contributed by atoms with Crippen molar-refractivity contribution >= 4 is 22.5 Å². The maximum atomic E-state index is 13.1. The van der Waals surface area contributed by atoms with Gasteiger partial charge in [0, 0.05) is 16.6 Å². The van der Waals surface area contributed by atoms with E-state index in [1.54, 1.807) is 0 Å². The van der Waals surface area contributed by atoms with Crippen molar-refractivity contribution in [1.82, 2.24) is 10.2 Å². The van der Waals surface area contributed by atoms with E-state index in [-0.39, 0.29) is 11.3 Å². The molecule has 1 aliphatic carbocycles. The Kier molecular flexibility index (Phi) is 4.47. The fourth-order valence-electron chi connectivity index (χ4n) is 4.22. The van der Waals surface area contributed by atoms with Crippen LogP contribution < -0.4 is 5.32 Å². The van der Waals surface area contributed by atoms with E-state index in [2.05, 4.69) is 60.6 Å². The third-order valence-corrected chi connectivity index (χ3v) is 6.36. The topological polar surface area (TPSA) is 57.8 Å². The van der Waals surface area contributed by atoms with E-state index in [1.165, 1.54) is 5.56 Å². The number of hydrogen-bond donors (Lipinski definition) is 2. The maximum absolute atomic E-state index is 13.1. The third-order valence-electron chi connectivity index (χ3n) is 6.36. The van der Waals surface area contributed by atoms with Gasteiger partial charge in [-0.3, -0.25) is 9.89 Å². The zero-order valence-electron chi connectivity index (χ0n) is 18.2. The van der Waals surface area contributed by atoms with E-state index >= 15 is 0 Å². The Hall–Kier alpha value is -3.40. The van der Waals surface area contributed by atoms with Crippen LogP contribution >= 0.6 is 0 Å². The number of aromatic nitrogens is 2. The molecule has 0 atom stereocenters. The number of amides is 1. The summed E-state index contributed by atoms with van der Waals surface area (Å²) in [4.78, 5) is 13.1. The van der Waals surface area contributed by atoms with Gasteiger partial charge in [0.2, 0.25) is 5.91 Å². The molecule has 1 saturated carbocycles. The molecule has 0 bridgehead atoms. The van der Waals surface area contributed by atoms with Crippen LogP contribution in [0.5, 0.6) is 0 Å². The predicted octanol–water partition coefficient (Wildman–Crippen LogP) is 6.20. The minimum Gasteiger partial charge on any atom is -0.325 e. The first-order valence-electron chi connectivity index (χ1n) is 10.8. The van der Waals surface area contributed by atoms with Crippen LogP contribution in [0.25, 0.3) is 22.2 Å². The van der Waals surface area contributed by atoms with Crippen molar-refractivity contribution in [3.63, 3.8) is 0 Å². The fourth-order valence-corrected chi connectivity index (χ4v) is 4.22. The van der Waals surface area contributed by atoms with Gasteiger partial charge in [-0.05, 0) is 47.6 Å². The Bertz CT molecular complexity index is 1240. The molecule has 1 fully saturated rings. The van der Waals surface area contributed by atoms with Crippen LogP contribution in [-0.2, 0) is 15.6 Å². The Morgan fingerprint density at radius 1 is 0.968 bits per heavy atom. The van der Waals surface area contributed by atoms with Crippen molar-refractivity contribution in [2.24, 2.45) is 0 Å². The van der Waals surface area contributed by atoms with E-state index in [0.717, 1.165) is 46.3 Å². The van der Waals surface area contributed by atoms with Gasteiger partial charge in [-0.15, -0.1) is 0 Å². The minimum atomic E-state index is -0.391. The zero-order valence-corrected chi connectivity index (χ0v) is 18.2. The highest BCUT2D eigenvalue weighted by Crippen LogP contribution is 2.49. The second kappa shape index (κ2) is 7.09. The van der Waals surface area contributed by atoms with Gasteiger partial charge in [0.25, 0.3) is 0 Å². The van der Waals surface area contributed by atoms with E-state index in [4.69, 9.17) is 0 Å². The SMILES string of the molecule is CC(C)(C)c1ccc(-c2n[nH]c3ccc(NC(=O)C4(c5ccccc5)CC4)cc23)cc1. The summed E-state index contributed by atoms with van der Waals surface area (Å²) in [7, 11) is 0. The van der Waals surface area contributed by atoms with Gasteiger partial charge < -0.3 is 5.32 Å². The molecule has 4 nitrogen and oxygen atoms in total. The number of rotatable bonds is 4. The molecule has 0 spiro atoms. The highest BCUT2D eigenvalue weighted by Gasteiger charge is 2.51. The second-order valence-corrected chi connectivity index (χ2v) is 9.56. The Morgan fingerprint density at radius 2 is 1.68 bits per heavy atom. The van der Waals surface area contributed by atoms with Crippen molar-refractivity contribution in [3.05, 3.63) is 83.9 Å². The largest absolute Gasteiger partial charge is 0.325 e. The summed E-state index contributed by atoms with van der Waals surface area (Å²) in [5.74, 6) is 0.0672. The molecule has 0 radical (unpaired) electrons. The Labute approximate surface area is 182 Å². The number of H-pyrrole nitrogens is 1. The van der Waals surface area contributed by atoms with Gasteiger partial charge in [-0.1, -0.05) is 75.4 Å². The molecule has 1 aromatic heterocycles. The number of fused-ring (bicyclic) bond motifs is 1. The molecule has 1 aliphatic rings. The molecule has 156 valence electrons. The molecule has 2 N–H and O–H groups in total.